The molecule has 16 heavy (non-hydrogen) atoms. The molecule has 0 saturated heterocycles. The van der Waals surface area contributed by atoms with E-state index in [1.807, 2.05) is 6.92 Å². The standard InChI is InChI=1S/C9H18O6S/c1-2-3-4-5-6-7-8(9(10)15-11)16(12,13)14/h8,11H,2-7H2,1H3,(H,12,13,14). The van der Waals surface area contributed by atoms with E-state index in [1.165, 1.54) is 0 Å². The van der Waals surface area contributed by atoms with Crippen LogP contribution in [-0.2, 0) is 19.8 Å². The quantitative estimate of drug-likeness (QED) is 0.295. The van der Waals surface area contributed by atoms with Crippen LogP contribution in [0.2, 0.25) is 0 Å². The Balaban J connectivity index is 4.10. The van der Waals surface area contributed by atoms with E-state index in [2.05, 4.69) is 4.89 Å². The predicted octanol–water partition coefficient (Wildman–Crippen LogP) is 1.62. The van der Waals surface area contributed by atoms with Crippen LogP contribution in [0, 0.1) is 0 Å². The summed E-state index contributed by atoms with van der Waals surface area (Å²) >= 11 is 0. The average molecular weight is 254 g/mol. The van der Waals surface area contributed by atoms with Crippen LogP contribution in [0.25, 0.3) is 0 Å². The summed E-state index contributed by atoms with van der Waals surface area (Å²) in [4.78, 5) is 14.2. The molecule has 0 bridgehead atoms. The molecule has 0 radical (unpaired) electrons. The summed E-state index contributed by atoms with van der Waals surface area (Å²) in [6.45, 7) is 2.05. The van der Waals surface area contributed by atoms with Gasteiger partial charge in [0.2, 0.25) is 0 Å². The third kappa shape index (κ3) is 6.04. The lowest BCUT2D eigenvalue weighted by molar-refractivity contribution is -0.234. The van der Waals surface area contributed by atoms with E-state index in [1.54, 1.807) is 0 Å². The lowest BCUT2D eigenvalue weighted by Gasteiger charge is -2.09. The van der Waals surface area contributed by atoms with Gasteiger partial charge in [-0.15, -0.1) is 0 Å². The molecule has 0 aliphatic heterocycles. The number of carbonyl (C=O) groups is 1. The van der Waals surface area contributed by atoms with Crippen molar-refractivity contribution in [2.45, 2.75) is 50.7 Å². The normalized spacial score (nSPS) is 13.4. The lowest BCUT2D eigenvalue weighted by Crippen LogP contribution is -2.31. The highest BCUT2D eigenvalue weighted by atomic mass is 32.2. The van der Waals surface area contributed by atoms with Crippen molar-refractivity contribution in [1.82, 2.24) is 0 Å². The first-order valence-corrected chi connectivity index (χ1v) is 6.75. The van der Waals surface area contributed by atoms with Crippen LogP contribution < -0.4 is 0 Å². The van der Waals surface area contributed by atoms with Crippen molar-refractivity contribution in [2.75, 3.05) is 0 Å². The zero-order chi connectivity index (χ0) is 12.6. The van der Waals surface area contributed by atoms with E-state index in [-0.39, 0.29) is 6.42 Å². The second-order valence-electron chi connectivity index (χ2n) is 3.62. The Morgan fingerprint density at radius 2 is 1.81 bits per heavy atom. The first-order chi connectivity index (χ1) is 7.43. The van der Waals surface area contributed by atoms with Crippen molar-refractivity contribution < 1.29 is 27.9 Å². The highest BCUT2D eigenvalue weighted by molar-refractivity contribution is 7.87. The molecule has 0 aliphatic carbocycles. The molecule has 2 N–H and O–H groups in total. The predicted molar refractivity (Wildman–Crippen MR) is 57.4 cm³/mol. The van der Waals surface area contributed by atoms with Gasteiger partial charge in [-0.2, -0.15) is 13.7 Å². The minimum absolute atomic E-state index is 0.0397. The Hall–Kier alpha value is -0.660. The van der Waals surface area contributed by atoms with E-state index >= 15 is 0 Å². The molecular weight excluding hydrogens is 236 g/mol. The molecule has 1 unspecified atom stereocenters. The molecule has 6 nitrogen and oxygen atoms in total. The second-order valence-corrected chi connectivity index (χ2v) is 5.22. The summed E-state index contributed by atoms with van der Waals surface area (Å²) in [5.74, 6) is -1.34. The molecule has 0 aromatic carbocycles. The first-order valence-electron chi connectivity index (χ1n) is 5.25. The number of rotatable bonds is 8. The number of hydrogen-bond acceptors (Lipinski definition) is 5. The molecule has 0 fully saturated rings. The maximum Gasteiger partial charge on any atom is 0.362 e. The van der Waals surface area contributed by atoms with E-state index in [9.17, 15) is 13.2 Å². The van der Waals surface area contributed by atoms with Crippen molar-refractivity contribution in [2.24, 2.45) is 0 Å². The topological polar surface area (TPSA) is 101 Å². The first kappa shape index (κ1) is 15.3. The van der Waals surface area contributed by atoms with Gasteiger partial charge >= 0.3 is 5.97 Å². The smallest absolute Gasteiger partial charge is 0.299 e. The molecular formula is C9H18O6S. The summed E-state index contributed by atoms with van der Waals surface area (Å²) in [7, 11) is -4.50. The molecule has 0 amide bonds. The van der Waals surface area contributed by atoms with E-state index in [4.69, 9.17) is 9.81 Å². The highest BCUT2D eigenvalue weighted by Gasteiger charge is 2.32. The number of hydrogen-bond donors (Lipinski definition) is 2. The third-order valence-electron chi connectivity index (χ3n) is 2.28. The molecule has 0 aromatic rings. The fourth-order valence-electron chi connectivity index (χ4n) is 1.38. The van der Waals surface area contributed by atoms with Crippen LogP contribution in [0.3, 0.4) is 0 Å². The van der Waals surface area contributed by atoms with Crippen LogP contribution in [0.15, 0.2) is 0 Å². The Labute approximate surface area is 95.3 Å². The van der Waals surface area contributed by atoms with Gasteiger partial charge in [-0.1, -0.05) is 39.0 Å². The third-order valence-corrected chi connectivity index (χ3v) is 3.43. The van der Waals surface area contributed by atoms with Crippen LogP contribution in [0.5, 0.6) is 0 Å². The molecule has 0 aliphatic rings. The van der Waals surface area contributed by atoms with Gasteiger partial charge in [0.1, 0.15) is 0 Å². The largest absolute Gasteiger partial charge is 0.362 e. The maximum absolute atomic E-state index is 10.9. The molecule has 7 heteroatoms. The van der Waals surface area contributed by atoms with Crippen molar-refractivity contribution in [3.8, 4) is 0 Å². The van der Waals surface area contributed by atoms with Crippen LogP contribution in [-0.4, -0.2) is 29.4 Å². The van der Waals surface area contributed by atoms with Crippen molar-refractivity contribution in [3.05, 3.63) is 0 Å². The fourth-order valence-corrected chi connectivity index (χ4v) is 2.13. The van der Waals surface area contributed by atoms with Crippen LogP contribution >= 0.6 is 0 Å². The van der Waals surface area contributed by atoms with Gasteiger partial charge in [-0.05, 0) is 6.42 Å². The molecule has 96 valence electrons. The highest BCUT2D eigenvalue weighted by Crippen LogP contribution is 2.13. The number of unbranched alkanes of at least 4 members (excludes halogenated alkanes) is 4. The Bertz CT molecular complexity index is 297. The molecule has 0 aromatic heterocycles. The van der Waals surface area contributed by atoms with E-state index in [0.717, 1.165) is 25.7 Å². The lowest BCUT2D eigenvalue weighted by atomic mass is 10.1. The molecule has 0 rings (SSSR count). The van der Waals surface area contributed by atoms with Gasteiger partial charge in [0, 0.05) is 0 Å². The van der Waals surface area contributed by atoms with Crippen molar-refractivity contribution in [1.29, 1.82) is 0 Å². The zero-order valence-corrected chi connectivity index (χ0v) is 10.1. The van der Waals surface area contributed by atoms with Gasteiger partial charge in [0.15, 0.2) is 5.25 Å². The monoisotopic (exact) mass is 254 g/mol. The Morgan fingerprint density at radius 3 is 2.25 bits per heavy atom. The van der Waals surface area contributed by atoms with Gasteiger partial charge in [0.25, 0.3) is 10.1 Å². The SMILES string of the molecule is CCCCCCCC(C(=O)OO)S(=O)(=O)O. The van der Waals surface area contributed by atoms with E-state index in [0.29, 0.717) is 6.42 Å². The van der Waals surface area contributed by atoms with Crippen molar-refractivity contribution >= 4 is 16.1 Å². The summed E-state index contributed by atoms with van der Waals surface area (Å²) < 4.78 is 30.3. The number of carbonyl (C=O) groups excluding carboxylic acids is 1. The van der Waals surface area contributed by atoms with Gasteiger partial charge in [0.05, 0.1) is 0 Å². The summed E-state index contributed by atoms with van der Waals surface area (Å²) in [5.41, 5.74) is 0. The Morgan fingerprint density at radius 1 is 1.25 bits per heavy atom. The minimum atomic E-state index is -4.50. The van der Waals surface area contributed by atoms with Gasteiger partial charge in [-0.3, -0.25) is 9.44 Å². The van der Waals surface area contributed by atoms with Gasteiger partial charge < -0.3 is 0 Å². The van der Waals surface area contributed by atoms with E-state index < -0.39 is 21.3 Å². The van der Waals surface area contributed by atoms with Crippen LogP contribution in [0.1, 0.15) is 45.4 Å². The summed E-state index contributed by atoms with van der Waals surface area (Å²) in [6, 6.07) is 0. The molecule has 0 heterocycles. The van der Waals surface area contributed by atoms with Crippen molar-refractivity contribution in [3.63, 3.8) is 0 Å². The average Bonchev–Trinajstić information content (AvgIpc) is 2.20. The summed E-state index contributed by atoms with van der Waals surface area (Å²) in [5, 5.41) is 6.40. The molecule has 0 saturated carbocycles. The van der Waals surface area contributed by atoms with Crippen LogP contribution in [0.4, 0.5) is 0 Å². The molecule has 0 spiro atoms. The maximum atomic E-state index is 10.9. The Kier molecular flexibility index (Phi) is 7.27. The second kappa shape index (κ2) is 7.59. The fraction of sp³-hybridized carbons (Fsp3) is 0.889. The minimum Gasteiger partial charge on any atom is -0.299 e. The summed E-state index contributed by atoms with van der Waals surface area (Å²) in [6.07, 6.45) is 4.27. The van der Waals surface area contributed by atoms with Gasteiger partial charge in [-0.25, -0.2) is 4.79 Å². The molecule has 1 atom stereocenters. The zero-order valence-electron chi connectivity index (χ0n) is 9.26.